The molecule has 2 rings (SSSR count). The molecule has 1 heterocycles. The van der Waals surface area contributed by atoms with E-state index in [1.807, 2.05) is 6.92 Å². The van der Waals surface area contributed by atoms with Gasteiger partial charge in [0.1, 0.15) is 0 Å². The molecule has 2 aromatic rings. The Balaban J connectivity index is 2.32. The zero-order chi connectivity index (χ0) is 13.8. The molecule has 0 N–H and O–H groups in total. The van der Waals surface area contributed by atoms with Crippen LogP contribution in [-0.2, 0) is 6.42 Å². The number of aryl methyl sites for hydroxylation is 2. The fraction of sp³-hybridized carbons (Fsp3) is 0.308. The highest BCUT2D eigenvalue weighted by molar-refractivity contribution is 6.17. The van der Waals surface area contributed by atoms with Crippen LogP contribution in [0.15, 0.2) is 28.8 Å². The Morgan fingerprint density at radius 2 is 2.26 bits per heavy atom. The number of oxazole rings is 1. The highest BCUT2D eigenvalue weighted by atomic mass is 35.5. The van der Waals surface area contributed by atoms with E-state index in [-0.39, 0.29) is 5.69 Å². The van der Waals surface area contributed by atoms with Crippen molar-refractivity contribution in [3.8, 4) is 11.3 Å². The van der Waals surface area contributed by atoms with Crippen LogP contribution in [0.5, 0.6) is 0 Å². The van der Waals surface area contributed by atoms with Crippen molar-refractivity contribution in [1.29, 1.82) is 0 Å². The molecule has 100 valence electrons. The monoisotopic (exact) mass is 280 g/mol. The summed E-state index contributed by atoms with van der Waals surface area (Å²) in [6.45, 7) is 1.88. The summed E-state index contributed by atoms with van der Waals surface area (Å²) in [4.78, 5) is 14.5. The van der Waals surface area contributed by atoms with E-state index < -0.39 is 4.92 Å². The van der Waals surface area contributed by atoms with Crippen LogP contribution in [0.1, 0.15) is 17.9 Å². The SMILES string of the molecule is Cc1ccc([N+](=O)[O-])cc1-c1cnc(CCCCl)o1. The molecule has 0 saturated carbocycles. The van der Waals surface area contributed by atoms with E-state index in [0.717, 1.165) is 12.0 Å². The van der Waals surface area contributed by atoms with Crippen molar-refractivity contribution in [2.75, 3.05) is 5.88 Å². The van der Waals surface area contributed by atoms with Gasteiger partial charge in [-0.3, -0.25) is 10.1 Å². The molecule has 0 amide bonds. The van der Waals surface area contributed by atoms with Crippen molar-refractivity contribution in [2.24, 2.45) is 0 Å². The van der Waals surface area contributed by atoms with E-state index >= 15 is 0 Å². The van der Waals surface area contributed by atoms with Gasteiger partial charge in [0.15, 0.2) is 11.7 Å². The molecule has 19 heavy (non-hydrogen) atoms. The van der Waals surface area contributed by atoms with Crippen molar-refractivity contribution >= 4 is 17.3 Å². The molecule has 0 unspecified atom stereocenters. The molecule has 6 heteroatoms. The van der Waals surface area contributed by atoms with E-state index in [1.54, 1.807) is 12.3 Å². The van der Waals surface area contributed by atoms with Crippen LogP contribution < -0.4 is 0 Å². The minimum atomic E-state index is -0.423. The summed E-state index contributed by atoms with van der Waals surface area (Å²) in [5.41, 5.74) is 1.64. The standard InChI is InChI=1S/C13H13ClN2O3/c1-9-4-5-10(16(17)18)7-11(9)12-8-15-13(19-12)3-2-6-14/h4-5,7-8H,2-3,6H2,1H3. The highest BCUT2D eigenvalue weighted by Crippen LogP contribution is 2.28. The molecule has 0 atom stereocenters. The molecule has 0 saturated heterocycles. The third-order valence-corrected chi connectivity index (χ3v) is 3.04. The average Bonchev–Trinajstić information content (AvgIpc) is 2.85. The lowest BCUT2D eigenvalue weighted by molar-refractivity contribution is -0.384. The zero-order valence-corrected chi connectivity index (χ0v) is 11.2. The number of hydrogen-bond donors (Lipinski definition) is 0. The van der Waals surface area contributed by atoms with Crippen LogP contribution in [0.2, 0.25) is 0 Å². The summed E-state index contributed by atoms with van der Waals surface area (Å²) < 4.78 is 5.59. The van der Waals surface area contributed by atoms with Crippen LogP contribution in [-0.4, -0.2) is 15.8 Å². The third-order valence-electron chi connectivity index (χ3n) is 2.78. The van der Waals surface area contributed by atoms with Gasteiger partial charge in [0.05, 0.1) is 11.1 Å². The van der Waals surface area contributed by atoms with Crippen molar-refractivity contribution in [3.63, 3.8) is 0 Å². The molecule has 0 aliphatic heterocycles. The number of hydrogen-bond acceptors (Lipinski definition) is 4. The van der Waals surface area contributed by atoms with Crippen LogP contribution in [0.4, 0.5) is 5.69 Å². The first kappa shape index (κ1) is 13.5. The minimum absolute atomic E-state index is 0.0410. The summed E-state index contributed by atoms with van der Waals surface area (Å²) in [5.74, 6) is 1.69. The lowest BCUT2D eigenvalue weighted by Crippen LogP contribution is -1.90. The quantitative estimate of drug-likeness (QED) is 0.475. The molecule has 0 spiro atoms. The van der Waals surface area contributed by atoms with E-state index in [4.69, 9.17) is 16.0 Å². The maximum atomic E-state index is 10.8. The molecular formula is C13H13ClN2O3. The van der Waals surface area contributed by atoms with Crippen LogP contribution in [0, 0.1) is 17.0 Å². The summed E-state index contributed by atoms with van der Waals surface area (Å²) in [7, 11) is 0. The molecule has 0 aliphatic carbocycles. The molecule has 0 fully saturated rings. The predicted molar refractivity (Wildman–Crippen MR) is 72.4 cm³/mol. The molecule has 0 bridgehead atoms. The van der Waals surface area contributed by atoms with Gasteiger partial charge in [0.2, 0.25) is 0 Å². The Bertz CT molecular complexity index is 595. The number of benzene rings is 1. The van der Waals surface area contributed by atoms with Gasteiger partial charge in [0, 0.05) is 30.0 Å². The first-order valence-electron chi connectivity index (χ1n) is 5.88. The third kappa shape index (κ3) is 3.12. The van der Waals surface area contributed by atoms with Crippen molar-refractivity contribution in [2.45, 2.75) is 19.8 Å². The normalized spacial score (nSPS) is 10.6. The number of alkyl halides is 1. The Kier molecular flexibility index (Phi) is 4.16. The molecule has 1 aromatic carbocycles. The Labute approximate surface area is 115 Å². The first-order chi connectivity index (χ1) is 9.11. The summed E-state index contributed by atoms with van der Waals surface area (Å²) in [6, 6.07) is 4.68. The molecule has 0 aliphatic rings. The van der Waals surface area contributed by atoms with Gasteiger partial charge in [-0.15, -0.1) is 11.6 Å². The van der Waals surface area contributed by atoms with Crippen LogP contribution in [0.3, 0.4) is 0 Å². The minimum Gasteiger partial charge on any atom is -0.441 e. The first-order valence-corrected chi connectivity index (χ1v) is 6.41. The number of non-ortho nitro benzene ring substituents is 1. The molecule has 0 radical (unpaired) electrons. The lowest BCUT2D eigenvalue weighted by Gasteiger charge is -2.01. The van der Waals surface area contributed by atoms with Crippen molar-refractivity contribution in [3.05, 3.63) is 46.0 Å². The van der Waals surface area contributed by atoms with Gasteiger partial charge in [0.25, 0.3) is 5.69 Å². The van der Waals surface area contributed by atoms with Gasteiger partial charge in [-0.25, -0.2) is 4.98 Å². The summed E-state index contributed by atoms with van der Waals surface area (Å²) in [6.07, 6.45) is 3.04. The van der Waals surface area contributed by atoms with Crippen LogP contribution in [0.25, 0.3) is 11.3 Å². The second kappa shape index (κ2) is 5.84. The number of rotatable bonds is 5. The number of nitro benzene ring substituents is 1. The fourth-order valence-electron chi connectivity index (χ4n) is 1.76. The predicted octanol–water partition coefficient (Wildman–Crippen LogP) is 3.73. The number of nitro groups is 1. The van der Waals surface area contributed by atoms with Gasteiger partial charge in [-0.05, 0) is 18.9 Å². The highest BCUT2D eigenvalue weighted by Gasteiger charge is 2.13. The summed E-state index contributed by atoms with van der Waals surface area (Å²) >= 11 is 5.61. The van der Waals surface area contributed by atoms with Crippen molar-refractivity contribution in [1.82, 2.24) is 4.98 Å². The summed E-state index contributed by atoms with van der Waals surface area (Å²) in [5, 5.41) is 10.8. The fourth-order valence-corrected chi connectivity index (χ4v) is 1.89. The van der Waals surface area contributed by atoms with Crippen LogP contribution >= 0.6 is 11.6 Å². The van der Waals surface area contributed by atoms with Crippen molar-refractivity contribution < 1.29 is 9.34 Å². The maximum Gasteiger partial charge on any atom is 0.270 e. The average molecular weight is 281 g/mol. The topological polar surface area (TPSA) is 69.2 Å². The number of nitrogens with zero attached hydrogens (tertiary/aromatic N) is 2. The maximum absolute atomic E-state index is 10.8. The molecule has 5 nitrogen and oxygen atoms in total. The smallest absolute Gasteiger partial charge is 0.270 e. The van der Waals surface area contributed by atoms with E-state index in [1.165, 1.54) is 12.1 Å². The van der Waals surface area contributed by atoms with E-state index in [2.05, 4.69) is 4.98 Å². The number of aromatic nitrogens is 1. The van der Waals surface area contributed by atoms with Gasteiger partial charge in [-0.1, -0.05) is 6.07 Å². The molecule has 1 aromatic heterocycles. The molecular weight excluding hydrogens is 268 g/mol. The Morgan fingerprint density at radius 3 is 2.95 bits per heavy atom. The second-order valence-electron chi connectivity index (χ2n) is 4.17. The lowest BCUT2D eigenvalue weighted by atomic mass is 10.1. The van der Waals surface area contributed by atoms with Gasteiger partial charge < -0.3 is 4.42 Å². The van der Waals surface area contributed by atoms with E-state index in [9.17, 15) is 10.1 Å². The Morgan fingerprint density at radius 1 is 1.47 bits per heavy atom. The second-order valence-corrected chi connectivity index (χ2v) is 4.55. The van der Waals surface area contributed by atoms with Gasteiger partial charge >= 0.3 is 0 Å². The van der Waals surface area contributed by atoms with E-state index in [0.29, 0.717) is 29.5 Å². The van der Waals surface area contributed by atoms with Gasteiger partial charge in [-0.2, -0.15) is 0 Å². The number of halogens is 1. The zero-order valence-electron chi connectivity index (χ0n) is 10.4. The largest absolute Gasteiger partial charge is 0.441 e. The Hall–Kier alpha value is -1.88.